The maximum absolute atomic E-state index is 6.77. The summed E-state index contributed by atoms with van der Waals surface area (Å²) in [4.78, 5) is 4.34. The topological polar surface area (TPSA) is 38.7 Å². The number of fused-ring (bicyclic) bond motifs is 8. The second-order valence-electron chi connectivity index (χ2n) is 13.7. The highest BCUT2D eigenvalue weighted by Gasteiger charge is 2.49. The van der Waals surface area contributed by atoms with Gasteiger partial charge in [0.15, 0.2) is 22.8 Å². The van der Waals surface area contributed by atoms with Gasteiger partial charge >= 0.3 is 0 Å². The molecular weight excluding hydrogens is 613 g/mol. The Labute approximate surface area is 292 Å². The molecule has 8 aromatic rings. The van der Waals surface area contributed by atoms with E-state index >= 15 is 0 Å². The fraction of sp³-hybridized carbons (Fsp3) is 0.178. The van der Waals surface area contributed by atoms with Gasteiger partial charge in [0.1, 0.15) is 16.9 Å². The van der Waals surface area contributed by atoms with Gasteiger partial charge in [0.25, 0.3) is 5.82 Å². The molecule has 5 heteroatoms. The number of furan rings is 1. The second kappa shape index (κ2) is 11.4. The average Bonchev–Trinajstić information content (AvgIpc) is 3.68. The lowest BCUT2D eigenvalue weighted by molar-refractivity contribution is -0.741. The van der Waals surface area contributed by atoms with Crippen LogP contribution >= 0.6 is 0 Å². The van der Waals surface area contributed by atoms with Crippen LogP contribution in [0, 0.1) is 13.8 Å². The number of para-hydroxylation sites is 3. The lowest BCUT2D eigenvalue weighted by atomic mass is 9.73. The van der Waals surface area contributed by atoms with E-state index in [1.165, 1.54) is 50.2 Å². The summed E-state index contributed by atoms with van der Waals surface area (Å²) in [5.74, 6) is 1.12. The van der Waals surface area contributed by atoms with Crippen LogP contribution in [0.2, 0.25) is 0 Å². The molecule has 0 amide bonds. The molecule has 50 heavy (non-hydrogen) atoms. The number of imidazole rings is 1. The summed E-state index contributed by atoms with van der Waals surface area (Å²) < 4.78 is 14.0. The third-order valence-corrected chi connectivity index (χ3v) is 11.2. The van der Waals surface area contributed by atoms with Crippen LogP contribution in [0.3, 0.4) is 0 Å². The summed E-state index contributed by atoms with van der Waals surface area (Å²) in [5, 5.41) is 2.30. The summed E-state index contributed by atoms with van der Waals surface area (Å²) in [6, 6.07) is 37.1. The Bertz CT molecular complexity index is 2650. The predicted octanol–water partition coefficient (Wildman–Crippen LogP) is 10.1. The van der Waals surface area contributed by atoms with E-state index in [2.05, 4.69) is 169 Å². The molecule has 0 spiro atoms. The second-order valence-corrected chi connectivity index (χ2v) is 13.7. The molecule has 0 unspecified atom stereocenters. The van der Waals surface area contributed by atoms with E-state index < -0.39 is 0 Å². The maximum atomic E-state index is 6.77. The molecule has 0 N–H and O–H groups in total. The Balaban J connectivity index is 1.38. The van der Waals surface area contributed by atoms with Crippen molar-refractivity contribution >= 4 is 44.6 Å². The lowest BCUT2D eigenvalue weighted by Gasteiger charge is -2.36. The van der Waals surface area contributed by atoms with Gasteiger partial charge in [-0.25, -0.2) is 4.57 Å². The number of pyridine rings is 2. The van der Waals surface area contributed by atoms with E-state index in [1.807, 2.05) is 12.4 Å². The summed E-state index contributed by atoms with van der Waals surface area (Å²) in [5.41, 5.74) is 14.8. The van der Waals surface area contributed by atoms with Crippen molar-refractivity contribution in [3.8, 4) is 28.3 Å². The largest absolute Gasteiger partial charge is 0.455 e. The average molecular weight is 653 g/mol. The molecule has 0 bridgehead atoms. The minimum Gasteiger partial charge on any atom is -0.455 e. The van der Waals surface area contributed by atoms with Crippen molar-refractivity contribution in [1.82, 2.24) is 9.55 Å². The van der Waals surface area contributed by atoms with Gasteiger partial charge in [-0.05, 0) is 61.4 Å². The standard InChI is InChI=1S/C45H40N4O/c1-6-45(7-2)37(36-21-20-35-34-16-10-13-19-41(34)50-43(35)42(36)40-26-29(3)30(4)28-48(40)45)27-31-14-8-9-15-33(31)44-47(5)38-17-11-12-18-39(38)49(44)32-22-24-46-25-23-32/h8-28H,6-7H2,1-5H3/q+2. The SMILES string of the molecule is CCC1(CC)C(=Cc2ccccc2-c2n(-c3ccncc3)c3ccccc3[n+]2C)c2ccc3c(oc4ccccc43)c2-c2cc(C)c(C)c[n+]21. The first-order valence-corrected chi connectivity index (χ1v) is 17.6. The van der Waals surface area contributed by atoms with Crippen LogP contribution in [-0.4, -0.2) is 9.55 Å². The van der Waals surface area contributed by atoms with E-state index in [-0.39, 0.29) is 5.54 Å². The highest BCUT2D eigenvalue weighted by atomic mass is 16.3. The highest BCUT2D eigenvalue weighted by molar-refractivity contribution is 6.12. The van der Waals surface area contributed by atoms with Crippen LogP contribution in [0.4, 0.5) is 0 Å². The van der Waals surface area contributed by atoms with Gasteiger partial charge in [0, 0.05) is 70.9 Å². The number of hydrogen-bond acceptors (Lipinski definition) is 2. The first-order valence-electron chi connectivity index (χ1n) is 17.6. The molecule has 1 aliphatic rings. The van der Waals surface area contributed by atoms with Crippen molar-refractivity contribution in [2.24, 2.45) is 7.05 Å². The van der Waals surface area contributed by atoms with E-state index in [0.717, 1.165) is 51.8 Å². The van der Waals surface area contributed by atoms with Gasteiger partial charge in [-0.2, -0.15) is 9.13 Å². The summed E-state index contributed by atoms with van der Waals surface area (Å²) in [7, 11) is 2.17. The van der Waals surface area contributed by atoms with Crippen molar-refractivity contribution in [2.75, 3.05) is 0 Å². The van der Waals surface area contributed by atoms with Crippen LogP contribution in [0.5, 0.6) is 0 Å². The first-order chi connectivity index (χ1) is 24.4. The lowest BCUT2D eigenvalue weighted by Crippen LogP contribution is -2.59. The summed E-state index contributed by atoms with van der Waals surface area (Å²) in [6.45, 7) is 9.12. The molecule has 4 aromatic carbocycles. The van der Waals surface area contributed by atoms with Crippen molar-refractivity contribution in [1.29, 1.82) is 0 Å². The van der Waals surface area contributed by atoms with Gasteiger partial charge in [0.05, 0.1) is 18.2 Å². The Kier molecular flexibility index (Phi) is 6.89. The summed E-state index contributed by atoms with van der Waals surface area (Å²) in [6.07, 6.45) is 10.5. The molecule has 9 rings (SSSR count). The number of aromatic nitrogens is 4. The molecule has 0 aliphatic carbocycles. The van der Waals surface area contributed by atoms with Crippen molar-refractivity contribution < 1.29 is 13.6 Å². The van der Waals surface area contributed by atoms with E-state index in [9.17, 15) is 0 Å². The maximum Gasteiger partial charge on any atom is 0.295 e. The normalized spacial score (nSPS) is 14.5. The molecule has 5 nitrogen and oxygen atoms in total. The fourth-order valence-electron chi connectivity index (χ4n) is 8.48. The zero-order valence-corrected chi connectivity index (χ0v) is 29.2. The number of rotatable bonds is 5. The van der Waals surface area contributed by atoms with Crippen LogP contribution in [-0.2, 0) is 12.6 Å². The minimum atomic E-state index is -0.270. The first kappa shape index (κ1) is 30.3. The van der Waals surface area contributed by atoms with Gasteiger partial charge < -0.3 is 4.42 Å². The predicted molar refractivity (Wildman–Crippen MR) is 203 cm³/mol. The van der Waals surface area contributed by atoms with Gasteiger partial charge in [-0.15, -0.1) is 0 Å². The Hall–Kier alpha value is -5.81. The van der Waals surface area contributed by atoms with Crippen molar-refractivity contribution in [2.45, 2.75) is 46.1 Å². The highest BCUT2D eigenvalue weighted by Crippen LogP contribution is 2.50. The quantitative estimate of drug-likeness (QED) is 0.174. The van der Waals surface area contributed by atoms with Crippen LogP contribution in [0.25, 0.3) is 73.0 Å². The molecule has 244 valence electrons. The fourth-order valence-corrected chi connectivity index (χ4v) is 8.48. The molecule has 0 fully saturated rings. The van der Waals surface area contributed by atoms with Gasteiger partial charge in [-0.3, -0.25) is 4.98 Å². The molecule has 0 saturated carbocycles. The molecule has 4 aromatic heterocycles. The third kappa shape index (κ3) is 4.22. The van der Waals surface area contributed by atoms with Gasteiger partial charge in [-0.1, -0.05) is 68.4 Å². The van der Waals surface area contributed by atoms with Crippen molar-refractivity contribution in [3.63, 3.8) is 0 Å². The number of nitrogens with zero attached hydrogens (tertiary/aromatic N) is 4. The monoisotopic (exact) mass is 652 g/mol. The number of hydrogen-bond donors (Lipinski definition) is 0. The molecule has 1 aliphatic heterocycles. The summed E-state index contributed by atoms with van der Waals surface area (Å²) >= 11 is 0. The van der Waals surface area contributed by atoms with Gasteiger partial charge in [0.2, 0.25) is 5.69 Å². The number of benzene rings is 4. The van der Waals surface area contributed by atoms with E-state index in [0.29, 0.717) is 0 Å². The van der Waals surface area contributed by atoms with E-state index in [1.54, 1.807) is 0 Å². The smallest absolute Gasteiger partial charge is 0.295 e. The molecule has 0 atom stereocenters. The van der Waals surface area contributed by atoms with Crippen LogP contribution < -0.4 is 9.13 Å². The molecule has 0 radical (unpaired) electrons. The molecule has 5 heterocycles. The number of aryl methyl sites for hydroxylation is 3. The Morgan fingerprint density at radius 1 is 0.780 bits per heavy atom. The van der Waals surface area contributed by atoms with Crippen LogP contribution in [0.15, 0.2) is 126 Å². The molecular formula is C45H40N4O+2. The zero-order valence-electron chi connectivity index (χ0n) is 29.2. The Morgan fingerprint density at radius 3 is 2.34 bits per heavy atom. The molecule has 0 saturated heterocycles. The van der Waals surface area contributed by atoms with Crippen molar-refractivity contribution in [3.05, 3.63) is 144 Å². The van der Waals surface area contributed by atoms with E-state index in [4.69, 9.17) is 4.42 Å². The minimum absolute atomic E-state index is 0.270. The third-order valence-electron chi connectivity index (χ3n) is 11.2. The Morgan fingerprint density at radius 2 is 1.52 bits per heavy atom. The van der Waals surface area contributed by atoms with Crippen LogP contribution in [0.1, 0.15) is 48.9 Å². The number of allylic oxidation sites excluding steroid dienone is 1. The zero-order chi connectivity index (χ0) is 34.1.